The van der Waals surface area contributed by atoms with Gasteiger partial charge in [0.05, 0.1) is 9.64 Å². The third-order valence-electron chi connectivity index (χ3n) is 2.83. The molecule has 19 heavy (non-hydrogen) atoms. The molecule has 0 amide bonds. The zero-order chi connectivity index (χ0) is 14.7. The number of rotatable bonds is 5. The fourth-order valence-corrected chi connectivity index (χ4v) is 3.29. The molecule has 0 N–H and O–H groups in total. The number of hydrogen-bond acceptors (Lipinski definition) is 3. The Balaban J connectivity index is 3.07. The molecule has 1 rings (SSSR count). The van der Waals surface area contributed by atoms with Crippen LogP contribution in [-0.4, -0.2) is 18.9 Å². The molecule has 1 aromatic carbocycles. The number of benzene rings is 1. The average molecular weight is 280 g/mol. The van der Waals surface area contributed by atoms with Crippen LogP contribution in [0.3, 0.4) is 0 Å². The molecule has 0 atom stereocenters. The summed E-state index contributed by atoms with van der Waals surface area (Å²) in [6.45, 7) is 6.81. The SMILES string of the molecule is CC(C)=CC(=O)CC(C)(C)S(=O)(=O)c1ccccc1. The molecule has 4 heteroatoms. The van der Waals surface area contributed by atoms with Gasteiger partial charge in [0, 0.05) is 6.42 Å². The highest BCUT2D eigenvalue weighted by Crippen LogP contribution is 2.28. The number of carbonyl (C=O) groups excluding carboxylic acids is 1. The maximum atomic E-state index is 12.5. The van der Waals surface area contributed by atoms with Crippen molar-refractivity contribution in [2.24, 2.45) is 0 Å². The van der Waals surface area contributed by atoms with Crippen LogP contribution in [0, 0.1) is 0 Å². The van der Waals surface area contributed by atoms with Crippen LogP contribution in [0.15, 0.2) is 46.9 Å². The van der Waals surface area contributed by atoms with Crippen LogP contribution in [0.5, 0.6) is 0 Å². The van der Waals surface area contributed by atoms with Crippen molar-refractivity contribution in [1.29, 1.82) is 0 Å². The van der Waals surface area contributed by atoms with Crippen LogP contribution in [-0.2, 0) is 14.6 Å². The van der Waals surface area contributed by atoms with E-state index in [0.717, 1.165) is 5.57 Å². The topological polar surface area (TPSA) is 51.2 Å². The molecule has 0 aliphatic rings. The molecule has 3 nitrogen and oxygen atoms in total. The first-order chi connectivity index (χ1) is 8.67. The van der Waals surface area contributed by atoms with Crippen LogP contribution in [0.25, 0.3) is 0 Å². The van der Waals surface area contributed by atoms with Gasteiger partial charge in [0.25, 0.3) is 0 Å². The number of hydrogen-bond donors (Lipinski definition) is 0. The Morgan fingerprint density at radius 1 is 1.16 bits per heavy atom. The van der Waals surface area contributed by atoms with Crippen molar-refractivity contribution in [2.75, 3.05) is 0 Å². The molecular formula is C15H20O3S. The minimum atomic E-state index is -3.52. The molecule has 0 spiro atoms. The Morgan fingerprint density at radius 2 is 1.68 bits per heavy atom. The summed E-state index contributed by atoms with van der Waals surface area (Å²) in [5.74, 6) is -0.162. The Hall–Kier alpha value is -1.42. The first-order valence-electron chi connectivity index (χ1n) is 6.14. The molecule has 0 fully saturated rings. The molecule has 0 saturated heterocycles. The van der Waals surface area contributed by atoms with Crippen molar-refractivity contribution < 1.29 is 13.2 Å². The van der Waals surface area contributed by atoms with Crippen LogP contribution in [0.1, 0.15) is 34.1 Å². The highest BCUT2D eigenvalue weighted by molar-refractivity contribution is 7.92. The number of sulfone groups is 1. The van der Waals surface area contributed by atoms with Crippen molar-refractivity contribution in [1.82, 2.24) is 0 Å². The number of ketones is 1. The maximum absolute atomic E-state index is 12.5. The van der Waals surface area contributed by atoms with Gasteiger partial charge in [0.2, 0.25) is 0 Å². The Bertz CT molecular complexity index is 577. The molecule has 0 saturated carbocycles. The van der Waals surface area contributed by atoms with Gasteiger partial charge in [0.1, 0.15) is 0 Å². The van der Waals surface area contributed by atoms with Gasteiger partial charge in [-0.25, -0.2) is 8.42 Å². The maximum Gasteiger partial charge on any atom is 0.183 e. The van der Waals surface area contributed by atoms with Crippen LogP contribution in [0.4, 0.5) is 0 Å². The van der Waals surface area contributed by atoms with E-state index in [0.29, 0.717) is 0 Å². The van der Waals surface area contributed by atoms with Gasteiger partial charge in [-0.15, -0.1) is 0 Å². The van der Waals surface area contributed by atoms with E-state index in [-0.39, 0.29) is 17.1 Å². The Kier molecular flexibility index (Phi) is 4.69. The van der Waals surface area contributed by atoms with E-state index >= 15 is 0 Å². The van der Waals surface area contributed by atoms with Crippen molar-refractivity contribution >= 4 is 15.6 Å². The zero-order valence-corrected chi connectivity index (χ0v) is 12.6. The third-order valence-corrected chi connectivity index (χ3v) is 5.32. The van der Waals surface area contributed by atoms with Gasteiger partial charge < -0.3 is 0 Å². The predicted molar refractivity (Wildman–Crippen MR) is 76.8 cm³/mol. The first-order valence-corrected chi connectivity index (χ1v) is 7.62. The van der Waals surface area contributed by atoms with E-state index in [1.54, 1.807) is 44.2 Å². The van der Waals surface area contributed by atoms with Gasteiger partial charge in [-0.3, -0.25) is 4.79 Å². The summed E-state index contributed by atoms with van der Waals surface area (Å²) in [4.78, 5) is 12.1. The second-order valence-corrected chi connectivity index (χ2v) is 8.02. The zero-order valence-electron chi connectivity index (χ0n) is 11.8. The minimum Gasteiger partial charge on any atom is -0.295 e. The molecule has 1 aromatic rings. The molecule has 0 aliphatic carbocycles. The van der Waals surface area contributed by atoms with E-state index in [4.69, 9.17) is 0 Å². The number of carbonyl (C=O) groups is 1. The Morgan fingerprint density at radius 3 is 2.16 bits per heavy atom. The summed E-state index contributed by atoms with van der Waals surface area (Å²) in [5, 5.41) is 0. The lowest BCUT2D eigenvalue weighted by atomic mass is 10.0. The van der Waals surface area contributed by atoms with Crippen LogP contribution in [0.2, 0.25) is 0 Å². The quantitative estimate of drug-likeness (QED) is 0.778. The van der Waals surface area contributed by atoms with Crippen molar-refractivity contribution in [3.05, 3.63) is 42.0 Å². The standard InChI is InChI=1S/C15H20O3S/c1-12(2)10-13(16)11-15(3,4)19(17,18)14-8-6-5-7-9-14/h5-10H,11H2,1-4H3. The highest BCUT2D eigenvalue weighted by Gasteiger charge is 2.37. The van der Waals surface area contributed by atoms with E-state index in [2.05, 4.69) is 0 Å². The summed E-state index contributed by atoms with van der Waals surface area (Å²) in [5.41, 5.74) is 0.873. The summed E-state index contributed by atoms with van der Waals surface area (Å²) >= 11 is 0. The highest BCUT2D eigenvalue weighted by atomic mass is 32.2. The third kappa shape index (κ3) is 3.77. The van der Waals surface area contributed by atoms with Gasteiger partial charge in [-0.2, -0.15) is 0 Å². The first kappa shape index (κ1) is 15.6. The lowest BCUT2D eigenvalue weighted by Crippen LogP contribution is -2.34. The monoisotopic (exact) mass is 280 g/mol. The van der Waals surface area contributed by atoms with Crippen molar-refractivity contribution in [3.8, 4) is 0 Å². The summed E-state index contributed by atoms with van der Waals surface area (Å²) < 4.78 is 23.9. The van der Waals surface area contributed by atoms with Crippen molar-refractivity contribution in [2.45, 2.75) is 43.8 Å². The smallest absolute Gasteiger partial charge is 0.183 e. The number of allylic oxidation sites excluding steroid dienone is 2. The van der Waals surface area contributed by atoms with Gasteiger partial charge in [0.15, 0.2) is 15.6 Å². The molecule has 0 radical (unpaired) electrons. The largest absolute Gasteiger partial charge is 0.295 e. The predicted octanol–water partition coefficient (Wildman–Crippen LogP) is 3.16. The fraction of sp³-hybridized carbons (Fsp3) is 0.400. The molecule has 0 unspecified atom stereocenters. The molecule has 104 valence electrons. The average Bonchev–Trinajstić information content (AvgIpc) is 2.27. The lowest BCUT2D eigenvalue weighted by Gasteiger charge is -2.23. The summed E-state index contributed by atoms with van der Waals surface area (Å²) in [6.07, 6.45) is 1.47. The molecule has 0 aromatic heterocycles. The second-order valence-electron chi connectivity index (χ2n) is 5.44. The van der Waals surface area contributed by atoms with E-state index in [1.165, 1.54) is 6.08 Å². The minimum absolute atomic E-state index is 0.0184. The second kappa shape index (κ2) is 5.70. The van der Waals surface area contributed by atoms with Gasteiger partial charge in [-0.05, 0) is 45.9 Å². The molecule has 0 aliphatic heterocycles. The van der Waals surface area contributed by atoms with E-state index < -0.39 is 14.6 Å². The molecule has 0 bridgehead atoms. The molecule has 0 heterocycles. The van der Waals surface area contributed by atoms with Crippen LogP contribution >= 0.6 is 0 Å². The summed E-state index contributed by atoms with van der Waals surface area (Å²) in [7, 11) is -3.52. The van der Waals surface area contributed by atoms with E-state index in [9.17, 15) is 13.2 Å². The normalized spacial score (nSPS) is 12.0. The lowest BCUT2D eigenvalue weighted by molar-refractivity contribution is -0.115. The summed E-state index contributed by atoms with van der Waals surface area (Å²) in [6, 6.07) is 8.24. The van der Waals surface area contributed by atoms with Gasteiger partial charge in [-0.1, -0.05) is 23.8 Å². The fourth-order valence-electron chi connectivity index (χ4n) is 1.81. The Labute approximate surface area is 115 Å². The molecular weight excluding hydrogens is 260 g/mol. The van der Waals surface area contributed by atoms with Gasteiger partial charge >= 0.3 is 0 Å². The van der Waals surface area contributed by atoms with Crippen molar-refractivity contribution in [3.63, 3.8) is 0 Å². The van der Waals surface area contributed by atoms with Crippen LogP contribution < -0.4 is 0 Å². The van der Waals surface area contributed by atoms with E-state index in [1.807, 2.05) is 13.8 Å².